The number of nitrogens with zero attached hydrogens (tertiary/aromatic N) is 3. The summed E-state index contributed by atoms with van der Waals surface area (Å²) in [5.41, 5.74) is 10.9. The van der Waals surface area contributed by atoms with Gasteiger partial charge in [-0.25, -0.2) is 4.68 Å². The summed E-state index contributed by atoms with van der Waals surface area (Å²) >= 11 is 0. The Hall–Kier alpha value is -5.67. The molecule has 0 spiro atoms. The van der Waals surface area contributed by atoms with Gasteiger partial charge in [-0.15, -0.1) is 0 Å². The van der Waals surface area contributed by atoms with Crippen molar-refractivity contribution in [3.63, 3.8) is 0 Å². The second kappa shape index (κ2) is 11.4. The van der Waals surface area contributed by atoms with E-state index in [2.05, 4.69) is 169 Å². The Morgan fingerprint density at radius 2 is 0.881 bits per heavy atom. The molecule has 0 atom stereocenters. The van der Waals surface area contributed by atoms with Crippen LogP contribution in [0.15, 0.2) is 176 Å². The van der Waals surface area contributed by atoms with Crippen molar-refractivity contribution in [1.29, 1.82) is 0 Å². The first-order chi connectivity index (χ1) is 20.8. The van der Waals surface area contributed by atoms with Gasteiger partial charge in [0.05, 0.1) is 17.1 Å². The molecule has 0 aliphatic heterocycles. The van der Waals surface area contributed by atoms with Gasteiger partial charge in [0.25, 0.3) is 0 Å². The average Bonchev–Trinajstić information content (AvgIpc) is 3.53. The molecule has 0 unspecified atom stereocenters. The van der Waals surface area contributed by atoms with Gasteiger partial charge < -0.3 is 4.90 Å². The minimum Gasteiger partial charge on any atom is -0.310 e. The van der Waals surface area contributed by atoms with E-state index in [4.69, 9.17) is 5.10 Å². The van der Waals surface area contributed by atoms with Crippen LogP contribution in [-0.4, -0.2) is 9.78 Å². The predicted octanol–water partition coefficient (Wildman–Crippen LogP) is 10.3. The molecule has 0 radical (unpaired) electrons. The number of rotatable bonds is 7. The van der Waals surface area contributed by atoms with E-state index in [-0.39, 0.29) is 0 Å². The Bertz CT molecular complexity index is 1850. The lowest BCUT2D eigenvalue weighted by molar-refractivity contribution is 0.892. The molecule has 7 rings (SSSR count). The van der Waals surface area contributed by atoms with Crippen molar-refractivity contribution in [2.45, 2.75) is 0 Å². The highest BCUT2D eigenvalue weighted by atomic mass is 15.3. The largest absolute Gasteiger partial charge is 0.310 e. The topological polar surface area (TPSA) is 21.1 Å². The van der Waals surface area contributed by atoms with Crippen LogP contribution in [0, 0.1) is 0 Å². The molecular formula is C39H29N3. The zero-order valence-corrected chi connectivity index (χ0v) is 23.1. The summed E-state index contributed by atoms with van der Waals surface area (Å²) in [5.74, 6) is 0. The van der Waals surface area contributed by atoms with Crippen LogP contribution in [0.3, 0.4) is 0 Å². The van der Waals surface area contributed by atoms with Crippen molar-refractivity contribution in [3.05, 3.63) is 176 Å². The normalized spacial score (nSPS) is 10.9. The van der Waals surface area contributed by atoms with Crippen molar-refractivity contribution in [2.75, 3.05) is 4.90 Å². The Morgan fingerprint density at radius 1 is 0.381 bits per heavy atom. The highest BCUT2D eigenvalue weighted by molar-refractivity contribution is 5.80. The Balaban J connectivity index is 1.26. The van der Waals surface area contributed by atoms with Gasteiger partial charge in [0.1, 0.15) is 0 Å². The quantitative estimate of drug-likeness (QED) is 0.201. The lowest BCUT2D eigenvalue weighted by atomic mass is 10.0. The fourth-order valence-corrected chi connectivity index (χ4v) is 5.36. The molecule has 0 aliphatic carbocycles. The number of anilines is 3. The van der Waals surface area contributed by atoms with Crippen LogP contribution >= 0.6 is 0 Å². The summed E-state index contributed by atoms with van der Waals surface area (Å²) in [6.07, 6.45) is 0. The lowest BCUT2D eigenvalue weighted by Crippen LogP contribution is -2.09. The van der Waals surface area contributed by atoms with E-state index < -0.39 is 0 Å². The number of aromatic nitrogens is 2. The molecule has 6 aromatic carbocycles. The maximum Gasteiger partial charge on any atom is 0.0934 e. The van der Waals surface area contributed by atoms with Gasteiger partial charge in [-0.3, -0.25) is 0 Å². The van der Waals surface area contributed by atoms with Crippen LogP contribution in [0.2, 0.25) is 0 Å². The summed E-state index contributed by atoms with van der Waals surface area (Å²) in [7, 11) is 0. The standard InChI is InChI=1S/C39H29N3/c1-5-14-31(15-6-1)38-29-39(32-16-7-2-8-17-32)42(40-38)36-26-24-30(25-27-36)33-18-13-23-37(28-33)41(34-19-9-3-10-20-34)35-21-11-4-12-22-35/h1-29H. The highest BCUT2D eigenvalue weighted by Crippen LogP contribution is 2.36. The first-order valence-electron chi connectivity index (χ1n) is 14.2. The molecule has 1 heterocycles. The molecule has 0 saturated heterocycles. The Morgan fingerprint density at radius 3 is 1.48 bits per heavy atom. The Labute approximate surface area is 246 Å². The second-order valence-electron chi connectivity index (χ2n) is 10.2. The molecule has 0 amide bonds. The molecule has 7 aromatic rings. The molecule has 200 valence electrons. The van der Waals surface area contributed by atoms with Crippen LogP contribution in [0.5, 0.6) is 0 Å². The van der Waals surface area contributed by atoms with Crippen molar-refractivity contribution >= 4 is 17.1 Å². The van der Waals surface area contributed by atoms with E-state index in [0.29, 0.717) is 0 Å². The van der Waals surface area contributed by atoms with E-state index in [1.54, 1.807) is 0 Å². The molecule has 0 bridgehead atoms. The molecule has 42 heavy (non-hydrogen) atoms. The molecule has 0 N–H and O–H groups in total. The van der Waals surface area contributed by atoms with Crippen molar-refractivity contribution < 1.29 is 0 Å². The number of benzene rings is 6. The summed E-state index contributed by atoms with van der Waals surface area (Å²) in [6.45, 7) is 0. The van der Waals surface area contributed by atoms with Crippen molar-refractivity contribution in [3.8, 4) is 39.3 Å². The summed E-state index contributed by atoms with van der Waals surface area (Å²) in [6, 6.07) is 61.4. The van der Waals surface area contributed by atoms with E-state index in [0.717, 1.165) is 56.4 Å². The Kier molecular flexibility index (Phi) is 6.89. The minimum atomic E-state index is 0.952. The van der Waals surface area contributed by atoms with Crippen LogP contribution < -0.4 is 4.90 Å². The van der Waals surface area contributed by atoms with Gasteiger partial charge in [0, 0.05) is 28.2 Å². The van der Waals surface area contributed by atoms with Crippen LogP contribution in [0.25, 0.3) is 39.3 Å². The molecule has 0 fully saturated rings. The summed E-state index contributed by atoms with van der Waals surface area (Å²) < 4.78 is 2.05. The van der Waals surface area contributed by atoms with E-state index in [1.807, 2.05) is 16.8 Å². The summed E-state index contributed by atoms with van der Waals surface area (Å²) in [5, 5.41) is 5.04. The number of hydrogen-bond acceptors (Lipinski definition) is 2. The van der Waals surface area contributed by atoms with Crippen LogP contribution in [0.4, 0.5) is 17.1 Å². The van der Waals surface area contributed by atoms with Gasteiger partial charge in [-0.2, -0.15) is 5.10 Å². The van der Waals surface area contributed by atoms with E-state index in [9.17, 15) is 0 Å². The van der Waals surface area contributed by atoms with E-state index >= 15 is 0 Å². The molecule has 0 aliphatic rings. The first-order valence-corrected chi connectivity index (χ1v) is 14.2. The fraction of sp³-hybridized carbons (Fsp3) is 0. The lowest BCUT2D eigenvalue weighted by Gasteiger charge is -2.26. The molecular weight excluding hydrogens is 510 g/mol. The highest BCUT2D eigenvalue weighted by Gasteiger charge is 2.15. The van der Waals surface area contributed by atoms with Crippen LogP contribution in [0.1, 0.15) is 0 Å². The van der Waals surface area contributed by atoms with Crippen molar-refractivity contribution in [2.24, 2.45) is 0 Å². The van der Waals surface area contributed by atoms with Gasteiger partial charge in [-0.05, 0) is 65.7 Å². The maximum absolute atomic E-state index is 5.04. The number of hydrogen-bond donors (Lipinski definition) is 0. The molecule has 3 nitrogen and oxygen atoms in total. The van der Waals surface area contributed by atoms with Gasteiger partial charge >= 0.3 is 0 Å². The van der Waals surface area contributed by atoms with Crippen molar-refractivity contribution in [1.82, 2.24) is 9.78 Å². The van der Waals surface area contributed by atoms with E-state index in [1.165, 1.54) is 0 Å². The average molecular weight is 540 g/mol. The maximum atomic E-state index is 5.04. The zero-order chi connectivity index (χ0) is 28.1. The molecule has 0 saturated carbocycles. The smallest absolute Gasteiger partial charge is 0.0934 e. The first kappa shape index (κ1) is 25.3. The monoisotopic (exact) mass is 539 g/mol. The fourth-order valence-electron chi connectivity index (χ4n) is 5.36. The third-order valence-electron chi connectivity index (χ3n) is 7.43. The molecule has 3 heteroatoms. The third-order valence-corrected chi connectivity index (χ3v) is 7.43. The zero-order valence-electron chi connectivity index (χ0n) is 23.1. The van der Waals surface area contributed by atoms with Gasteiger partial charge in [-0.1, -0.05) is 121 Å². The third kappa shape index (κ3) is 5.12. The summed E-state index contributed by atoms with van der Waals surface area (Å²) in [4.78, 5) is 2.29. The SMILES string of the molecule is c1ccc(-c2cc(-c3ccccc3)n(-c3ccc(-c4cccc(N(c5ccccc5)c5ccccc5)c4)cc3)n2)cc1. The second-order valence-corrected chi connectivity index (χ2v) is 10.2. The van der Waals surface area contributed by atoms with Gasteiger partial charge in [0.15, 0.2) is 0 Å². The van der Waals surface area contributed by atoms with Crippen LogP contribution in [-0.2, 0) is 0 Å². The van der Waals surface area contributed by atoms with Gasteiger partial charge in [0.2, 0.25) is 0 Å². The minimum absolute atomic E-state index is 0.952. The molecule has 1 aromatic heterocycles. The number of para-hydroxylation sites is 2. The predicted molar refractivity (Wildman–Crippen MR) is 175 cm³/mol.